The predicted octanol–water partition coefficient (Wildman–Crippen LogP) is 2.67. The fourth-order valence-electron chi connectivity index (χ4n) is 3.01. The van der Waals surface area contributed by atoms with Gasteiger partial charge in [0.2, 0.25) is 0 Å². The molecule has 0 aromatic carbocycles. The zero-order valence-corrected chi connectivity index (χ0v) is 9.63. The summed E-state index contributed by atoms with van der Waals surface area (Å²) in [7, 11) is 0. The minimum Gasteiger partial charge on any atom is -0.313 e. The highest BCUT2D eigenvalue weighted by molar-refractivity contribution is 5.81. The molecule has 0 bridgehead atoms. The Balaban J connectivity index is 1.95. The Hall–Kier alpha value is -0.370. The van der Waals surface area contributed by atoms with E-state index in [2.05, 4.69) is 5.32 Å². The van der Waals surface area contributed by atoms with E-state index >= 15 is 0 Å². The normalized spacial score (nSPS) is 34.5. The first-order valence-electron chi connectivity index (χ1n) is 6.64. The van der Waals surface area contributed by atoms with Crippen molar-refractivity contribution in [3.05, 3.63) is 0 Å². The summed E-state index contributed by atoms with van der Waals surface area (Å²) in [5.41, 5.74) is 0. The van der Waals surface area contributed by atoms with Gasteiger partial charge in [0.25, 0.3) is 0 Å². The Bertz CT molecular complexity index is 207. The van der Waals surface area contributed by atoms with E-state index in [-0.39, 0.29) is 0 Å². The SMILES string of the molecule is O=C1CCCCCC1C1CCCCCN1. The third kappa shape index (κ3) is 3.04. The predicted molar refractivity (Wildman–Crippen MR) is 61.8 cm³/mol. The molecule has 2 atom stereocenters. The minimum absolute atomic E-state index is 0.339. The van der Waals surface area contributed by atoms with E-state index in [0.29, 0.717) is 17.7 Å². The van der Waals surface area contributed by atoms with E-state index in [9.17, 15) is 4.79 Å². The smallest absolute Gasteiger partial charge is 0.137 e. The van der Waals surface area contributed by atoms with Crippen LogP contribution < -0.4 is 5.32 Å². The summed E-state index contributed by atoms with van der Waals surface area (Å²) in [6, 6.07) is 0.498. The molecular formula is C13H23NO. The summed E-state index contributed by atoms with van der Waals surface area (Å²) in [6.07, 6.45) is 10.8. The van der Waals surface area contributed by atoms with Gasteiger partial charge >= 0.3 is 0 Å². The fraction of sp³-hybridized carbons (Fsp3) is 0.923. The van der Waals surface area contributed by atoms with E-state index < -0.39 is 0 Å². The molecule has 0 radical (unpaired) electrons. The number of carbonyl (C=O) groups excluding carboxylic acids is 1. The second-order valence-corrected chi connectivity index (χ2v) is 5.08. The van der Waals surface area contributed by atoms with E-state index in [0.717, 1.165) is 25.8 Å². The molecule has 1 heterocycles. The zero-order valence-electron chi connectivity index (χ0n) is 9.63. The van der Waals surface area contributed by atoms with Crippen molar-refractivity contribution in [3.63, 3.8) is 0 Å². The summed E-state index contributed by atoms with van der Waals surface area (Å²) in [4.78, 5) is 12.0. The molecule has 15 heavy (non-hydrogen) atoms. The zero-order chi connectivity index (χ0) is 10.5. The summed E-state index contributed by atoms with van der Waals surface area (Å²) >= 11 is 0. The number of rotatable bonds is 1. The van der Waals surface area contributed by atoms with Crippen LogP contribution in [0.5, 0.6) is 0 Å². The van der Waals surface area contributed by atoms with Crippen LogP contribution in [-0.4, -0.2) is 18.4 Å². The van der Waals surface area contributed by atoms with Gasteiger partial charge in [-0.05, 0) is 32.2 Å². The molecule has 1 aliphatic carbocycles. The average molecular weight is 209 g/mol. The van der Waals surface area contributed by atoms with Crippen molar-refractivity contribution in [2.75, 3.05) is 6.54 Å². The molecule has 1 N–H and O–H groups in total. The fourth-order valence-corrected chi connectivity index (χ4v) is 3.01. The first-order valence-corrected chi connectivity index (χ1v) is 6.64. The van der Waals surface area contributed by atoms with Gasteiger partial charge in [0.1, 0.15) is 5.78 Å². The molecule has 1 aliphatic heterocycles. The highest BCUT2D eigenvalue weighted by Crippen LogP contribution is 2.26. The van der Waals surface area contributed by atoms with Crippen molar-refractivity contribution in [2.24, 2.45) is 5.92 Å². The lowest BCUT2D eigenvalue weighted by molar-refractivity contribution is -0.123. The highest BCUT2D eigenvalue weighted by atomic mass is 16.1. The molecule has 2 unspecified atom stereocenters. The maximum atomic E-state index is 12.0. The van der Waals surface area contributed by atoms with Crippen LogP contribution in [0, 0.1) is 5.92 Å². The second-order valence-electron chi connectivity index (χ2n) is 5.08. The molecule has 0 amide bonds. The molecule has 1 saturated heterocycles. The van der Waals surface area contributed by atoms with Gasteiger partial charge < -0.3 is 5.32 Å². The Morgan fingerprint density at radius 3 is 2.67 bits per heavy atom. The third-order valence-corrected chi connectivity index (χ3v) is 3.94. The van der Waals surface area contributed by atoms with Crippen LogP contribution in [-0.2, 0) is 4.79 Å². The molecule has 0 aromatic heterocycles. The monoisotopic (exact) mass is 209 g/mol. The molecular weight excluding hydrogens is 186 g/mol. The lowest BCUT2D eigenvalue weighted by Crippen LogP contribution is -2.39. The van der Waals surface area contributed by atoms with Crippen molar-refractivity contribution in [3.8, 4) is 0 Å². The van der Waals surface area contributed by atoms with Crippen LogP contribution in [0.4, 0.5) is 0 Å². The Morgan fingerprint density at radius 2 is 1.73 bits per heavy atom. The highest BCUT2D eigenvalue weighted by Gasteiger charge is 2.28. The Morgan fingerprint density at radius 1 is 0.933 bits per heavy atom. The number of Topliss-reactive ketones (excluding diaryl/α,β-unsaturated/α-hetero) is 1. The van der Waals surface area contributed by atoms with Crippen LogP contribution in [0.25, 0.3) is 0 Å². The third-order valence-electron chi connectivity index (χ3n) is 3.94. The van der Waals surface area contributed by atoms with Crippen LogP contribution in [0.1, 0.15) is 57.8 Å². The topological polar surface area (TPSA) is 29.1 Å². The molecule has 2 nitrogen and oxygen atoms in total. The van der Waals surface area contributed by atoms with Crippen LogP contribution in [0.3, 0.4) is 0 Å². The molecule has 0 spiro atoms. The number of hydrogen-bond donors (Lipinski definition) is 1. The van der Waals surface area contributed by atoms with Gasteiger partial charge in [-0.25, -0.2) is 0 Å². The molecule has 2 rings (SSSR count). The average Bonchev–Trinajstić information content (AvgIpc) is 2.59. The standard InChI is InChI=1S/C13H23NO/c15-13-9-5-1-3-7-11(13)12-8-4-2-6-10-14-12/h11-12,14H,1-10H2. The van der Waals surface area contributed by atoms with Gasteiger partial charge in [0.05, 0.1) is 0 Å². The van der Waals surface area contributed by atoms with Gasteiger partial charge in [0, 0.05) is 18.4 Å². The van der Waals surface area contributed by atoms with Gasteiger partial charge in [-0.15, -0.1) is 0 Å². The summed E-state index contributed by atoms with van der Waals surface area (Å²) < 4.78 is 0. The maximum Gasteiger partial charge on any atom is 0.137 e. The lowest BCUT2D eigenvalue weighted by atomic mass is 9.88. The van der Waals surface area contributed by atoms with Gasteiger partial charge in [0.15, 0.2) is 0 Å². The number of hydrogen-bond acceptors (Lipinski definition) is 2. The van der Waals surface area contributed by atoms with Crippen molar-refractivity contribution in [1.82, 2.24) is 5.32 Å². The first-order chi connectivity index (χ1) is 7.38. The summed E-state index contributed by atoms with van der Waals surface area (Å²) in [6.45, 7) is 1.12. The largest absolute Gasteiger partial charge is 0.313 e. The van der Waals surface area contributed by atoms with Gasteiger partial charge in [-0.2, -0.15) is 0 Å². The lowest BCUT2D eigenvalue weighted by Gasteiger charge is -2.24. The van der Waals surface area contributed by atoms with Crippen molar-refractivity contribution in [2.45, 2.75) is 63.8 Å². The summed E-state index contributed by atoms with van der Waals surface area (Å²) in [5.74, 6) is 0.873. The van der Waals surface area contributed by atoms with Crippen LogP contribution in [0.15, 0.2) is 0 Å². The number of ketones is 1. The van der Waals surface area contributed by atoms with Crippen molar-refractivity contribution >= 4 is 5.78 Å². The van der Waals surface area contributed by atoms with Gasteiger partial charge in [-0.1, -0.05) is 25.7 Å². The van der Waals surface area contributed by atoms with Gasteiger partial charge in [-0.3, -0.25) is 4.79 Å². The Kier molecular flexibility index (Phi) is 4.18. The maximum absolute atomic E-state index is 12.0. The quantitative estimate of drug-likeness (QED) is 0.673. The molecule has 86 valence electrons. The number of carbonyl (C=O) groups is 1. The molecule has 1 saturated carbocycles. The molecule has 0 aromatic rings. The van der Waals surface area contributed by atoms with E-state index in [1.165, 1.54) is 38.5 Å². The van der Waals surface area contributed by atoms with E-state index in [1.807, 2.05) is 0 Å². The molecule has 2 fully saturated rings. The Labute approximate surface area is 92.8 Å². The van der Waals surface area contributed by atoms with Crippen LogP contribution in [0.2, 0.25) is 0 Å². The van der Waals surface area contributed by atoms with Crippen molar-refractivity contribution < 1.29 is 4.79 Å². The minimum atomic E-state index is 0.339. The van der Waals surface area contributed by atoms with Crippen LogP contribution >= 0.6 is 0 Å². The first kappa shape index (κ1) is 11.1. The van der Waals surface area contributed by atoms with Crippen molar-refractivity contribution in [1.29, 1.82) is 0 Å². The van der Waals surface area contributed by atoms with E-state index in [1.54, 1.807) is 0 Å². The molecule has 2 aliphatic rings. The summed E-state index contributed by atoms with van der Waals surface area (Å²) in [5, 5.41) is 3.59. The second kappa shape index (κ2) is 5.64. The number of nitrogens with one attached hydrogen (secondary N) is 1. The van der Waals surface area contributed by atoms with E-state index in [4.69, 9.17) is 0 Å². The molecule has 2 heteroatoms.